The molecule has 2 heterocycles. The summed E-state index contributed by atoms with van der Waals surface area (Å²) in [5.74, 6) is -4.03. The van der Waals surface area contributed by atoms with E-state index in [-0.39, 0.29) is 35.8 Å². The van der Waals surface area contributed by atoms with Crippen molar-refractivity contribution in [3.05, 3.63) is 96.1 Å². The summed E-state index contributed by atoms with van der Waals surface area (Å²) in [6.45, 7) is 6.90. The maximum Gasteiger partial charge on any atom is 0.338 e. The molecule has 62 heavy (non-hydrogen) atoms. The summed E-state index contributed by atoms with van der Waals surface area (Å²) < 4.78 is 71.6. The van der Waals surface area contributed by atoms with Crippen LogP contribution in [0.1, 0.15) is 37.8 Å². The smallest absolute Gasteiger partial charge is 0.282 e. The van der Waals surface area contributed by atoms with Crippen molar-refractivity contribution in [2.45, 2.75) is 62.4 Å². The molecule has 322 valence electrons. The third-order valence-corrected chi connectivity index (χ3v) is 11.4. The number of hydrogen-bond acceptors (Lipinski definition) is 14. The fraction of sp³-hybridized carbons (Fsp3) is 0.250. The normalized spacial score (nSPS) is 18.0. The van der Waals surface area contributed by atoms with Gasteiger partial charge >= 0.3 is 12.1 Å². The minimum absolute atomic E-state index is 0.0563. The molecule has 0 bridgehead atoms. The number of anilines is 2. The lowest BCUT2D eigenvalue weighted by molar-refractivity contribution is -0.138. The van der Waals surface area contributed by atoms with Gasteiger partial charge in [-0.1, -0.05) is 61.4 Å². The Morgan fingerprint density at radius 2 is 0.855 bits per heavy atom. The number of benzene rings is 4. The molecule has 8 amide bonds. The van der Waals surface area contributed by atoms with Crippen LogP contribution >= 0.6 is 0 Å². The molecule has 0 radical (unpaired) electrons. The van der Waals surface area contributed by atoms with Crippen molar-refractivity contribution in [1.82, 2.24) is 9.80 Å². The Hall–Kier alpha value is -6.88. The number of urea groups is 2. The summed E-state index contributed by atoms with van der Waals surface area (Å²) in [5.41, 5.74) is 0.376. The number of rotatable bonds is 13. The van der Waals surface area contributed by atoms with Crippen molar-refractivity contribution in [3.63, 3.8) is 0 Å². The third kappa shape index (κ3) is 8.93. The van der Waals surface area contributed by atoms with Crippen LogP contribution in [0.2, 0.25) is 0 Å². The topological polar surface area (TPSA) is 274 Å². The number of aryl methyl sites for hydroxylation is 2. The van der Waals surface area contributed by atoms with Crippen molar-refractivity contribution in [2.75, 3.05) is 22.9 Å². The second kappa shape index (κ2) is 17.6. The number of nitrogens with zero attached hydrogens (tertiary/aromatic N) is 8. The van der Waals surface area contributed by atoms with Crippen LogP contribution in [0.15, 0.2) is 115 Å². The van der Waals surface area contributed by atoms with Crippen LogP contribution in [0.25, 0.3) is 11.1 Å². The molecular formula is C40H38N8O12S2. The lowest BCUT2D eigenvalue weighted by Gasteiger charge is -2.35. The Morgan fingerprint density at radius 3 is 1.16 bits per heavy atom. The molecule has 20 nitrogen and oxygen atoms in total. The lowest BCUT2D eigenvalue weighted by atomic mass is 10.0. The van der Waals surface area contributed by atoms with E-state index in [1.54, 1.807) is 52.0 Å². The standard InChI is InChI=1S/C40H38N8O12S2/c1-5-19-45-35(49)33(37(51)47(39(45)53)27-13-7-23(3)8-14-27)43-41-25-11-17-29(31(21-25)61(55,56)57)30-18-12-26(22-32(30)62(58,59)60)42-44-34-36(50)46(20-6-2)40(54)48(38(34)52)28-15-9-24(4)10-16-28/h7-18,21-22,33-34H,5-6,19-20H2,1-4H3,(H,55,56,57)(H,58,59,60). The molecule has 2 N–H and O–H groups in total. The monoisotopic (exact) mass is 886 g/mol. The fourth-order valence-electron chi connectivity index (χ4n) is 6.56. The fourth-order valence-corrected chi connectivity index (χ4v) is 8.01. The molecule has 4 aromatic rings. The van der Waals surface area contributed by atoms with Crippen LogP contribution in [-0.4, -0.2) is 96.6 Å². The number of barbiturate groups is 2. The van der Waals surface area contributed by atoms with E-state index < -0.39 is 88.9 Å². The first kappa shape index (κ1) is 44.7. The molecule has 2 saturated heterocycles. The molecule has 2 unspecified atom stereocenters. The SMILES string of the molecule is CCCN1C(=O)C(N=Nc2ccc(-c3ccc(N=NC4C(=O)N(CCC)C(=O)N(c5ccc(C)cc5)C4=O)cc3S(=O)(=O)O)c(S(=O)(=O)O)c2)C(=O)N(c2ccc(C)cc2)C1=O. The molecule has 22 heteroatoms. The van der Waals surface area contributed by atoms with E-state index in [1.807, 2.05) is 0 Å². The zero-order valence-electron chi connectivity index (χ0n) is 33.4. The molecule has 2 fully saturated rings. The molecule has 4 aromatic carbocycles. The van der Waals surface area contributed by atoms with Gasteiger partial charge in [0.2, 0.25) is 12.1 Å². The molecule has 2 aliphatic rings. The summed E-state index contributed by atoms with van der Waals surface area (Å²) in [4.78, 5) is 81.7. The van der Waals surface area contributed by atoms with Crippen LogP contribution in [0.5, 0.6) is 0 Å². The summed E-state index contributed by atoms with van der Waals surface area (Å²) in [6, 6.07) is 12.9. The second-order valence-electron chi connectivity index (χ2n) is 14.1. The summed E-state index contributed by atoms with van der Waals surface area (Å²) >= 11 is 0. The van der Waals surface area contributed by atoms with Crippen molar-refractivity contribution >= 4 is 78.7 Å². The van der Waals surface area contributed by atoms with Gasteiger partial charge in [0.1, 0.15) is 9.79 Å². The molecular weight excluding hydrogens is 849 g/mol. The quantitative estimate of drug-likeness (QED) is 0.0865. The van der Waals surface area contributed by atoms with Gasteiger partial charge < -0.3 is 0 Å². The Kier molecular flexibility index (Phi) is 12.7. The minimum Gasteiger partial charge on any atom is -0.282 e. The second-order valence-corrected chi connectivity index (χ2v) is 16.9. The molecule has 0 aliphatic carbocycles. The molecule has 6 rings (SSSR count). The number of azo groups is 2. The summed E-state index contributed by atoms with van der Waals surface area (Å²) in [7, 11) is -10.4. The van der Waals surface area contributed by atoms with Crippen molar-refractivity contribution in [2.24, 2.45) is 20.5 Å². The highest BCUT2D eigenvalue weighted by Crippen LogP contribution is 2.37. The molecule has 0 aromatic heterocycles. The third-order valence-electron chi connectivity index (χ3n) is 9.59. The maximum absolute atomic E-state index is 13.6. The average Bonchev–Trinajstić information content (AvgIpc) is 3.21. The zero-order valence-corrected chi connectivity index (χ0v) is 35.1. The summed E-state index contributed by atoms with van der Waals surface area (Å²) in [5, 5.41) is 15.5. The van der Waals surface area contributed by atoms with E-state index in [0.29, 0.717) is 12.8 Å². The van der Waals surface area contributed by atoms with Gasteiger partial charge in [0.25, 0.3) is 43.9 Å². The maximum atomic E-state index is 13.6. The van der Waals surface area contributed by atoms with Gasteiger partial charge in [0.05, 0.1) is 22.7 Å². The number of imide groups is 4. The Morgan fingerprint density at radius 1 is 0.516 bits per heavy atom. The van der Waals surface area contributed by atoms with Crippen LogP contribution in [-0.2, 0) is 39.4 Å². The van der Waals surface area contributed by atoms with Crippen molar-refractivity contribution in [1.29, 1.82) is 0 Å². The number of carbonyl (C=O) groups is 6. The summed E-state index contributed by atoms with van der Waals surface area (Å²) in [6.07, 6.45) is 0.692. The first-order valence-corrected chi connectivity index (χ1v) is 21.7. The Labute approximate surface area is 355 Å². The van der Waals surface area contributed by atoms with Gasteiger partial charge in [-0.15, -0.1) is 0 Å². The Balaban J connectivity index is 1.35. The Bertz CT molecular complexity index is 2600. The highest BCUT2D eigenvalue weighted by Gasteiger charge is 2.48. The van der Waals surface area contributed by atoms with E-state index in [2.05, 4.69) is 20.5 Å². The van der Waals surface area contributed by atoms with Crippen LogP contribution in [0, 0.1) is 13.8 Å². The predicted molar refractivity (Wildman–Crippen MR) is 220 cm³/mol. The predicted octanol–water partition coefficient (Wildman–Crippen LogP) is 6.18. The average molecular weight is 887 g/mol. The highest BCUT2D eigenvalue weighted by molar-refractivity contribution is 7.86. The van der Waals surface area contributed by atoms with Crippen LogP contribution < -0.4 is 9.80 Å². The zero-order chi connectivity index (χ0) is 45.3. The van der Waals surface area contributed by atoms with Crippen LogP contribution in [0.3, 0.4) is 0 Å². The van der Waals surface area contributed by atoms with Gasteiger partial charge in [0, 0.05) is 24.2 Å². The van der Waals surface area contributed by atoms with Crippen LogP contribution in [0.4, 0.5) is 32.3 Å². The highest BCUT2D eigenvalue weighted by atomic mass is 32.2. The number of carbonyl (C=O) groups excluding carboxylic acids is 6. The van der Waals surface area contributed by atoms with Crippen molar-refractivity contribution < 1.29 is 54.7 Å². The van der Waals surface area contributed by atoms with Gasteiger partial charge in [-0.25, -0.2) is 19.4 Å². The largest absolute Gasteiger partial charge is 0.338 e. The lowest BCUT2D eigenvalue weighted by Crippen LogP contribution is -2.62. The van der Waals surface area contributed by atoms with Gasteiger partial charge in [0.15, 0.2) is 0 Å². The number of hydrogen-bond donors (Lipinski definition) is 2. The van der Waals surface area contributed by atoms with Gasteiger partial charge in [-0.2, -0.15) is 37.3 Å². The van der Waals surface area contributed by atoms with E-state index in [9.17, 15) is 54.7 Å². The number of amides is 8. The van der Waals surface area contributed by atoms with E-state index in [1.165, 1.54) is 24.3 Å². The molecule has 2 atom stereocenters. The first-order chi connectivity index (χ1) is 29.3. The molecule has 0 saturated carbocycles. The van der Waals surface area contributed by atoms with E-state index in [0.717, 1.165) is 67.1 Å². The minimum atomic E-state index is -5.22. The van der Waals surface area contributed by atoms with Gasteiger partial charge in [-0.05, 0) is 75.2 Å². The molecule has 0 spiro atoms. The first-order valence-electron chi connectivity index (χ1n) is 18.8. The van der Waals surface area contributed by atoms with E-state index >= 15 is 0 Å². The van der Waals surface area contributed by atoms with E-state index in [4.69, 9.17) is 0 Å². The molecule has 2 aliphatic heterocycles. The van der Waals surface area contributed by atoms with Gasteiger partial charge in [-0.3, -0.25) is 38.1 Å². The van der Waals surface area contributed by atoms with Crippen molar-refractivity contribution in [3.8, 4) is 11.1 Å².